The number of aliphatic hydroxyl groups is 2. The van der Waals surface area contributed by atoms with Crippen LogP contribution < -0.4 is 0 Å². The molecule has 0 saturated carbocycles. The molecule has 0 heterocycles. The quantitative estimate of drug-likeness (QED) is 0.0338. The average Bonchev–Trinajstić information content (AvgIpc) is 3.00. The van der Waals surface area contributed by atoms with E-state index in [0.29, 0.717) is 12.8 Å². The summed E-state index contributed by atoms with van der Waals surface area (Å²) in [5.74, 6) is -0.643. The maximum absolute atomic E-state index is 12.9. The molecule has 0 rings (SSSR count). The lowest BCUT2D eigenvalue weighted by atomic mass is 9.76. The number of hydrogen-bond acceptors (Lipinski definition) is 4. The Hall–Kier alpha value is -1.26. The zero-order chi connectivity index (χ0) is 31.9. The molecule has 2 N–H and O–H groups in total. The Balaban J connectivity index is 3.90. The predicted octanol–water partition coefficient (Wildman–Crippen LogP) is 11.5. The third-order valence-electron chi connectivity index (χ3n) is 9.01. The molecular formula is C39H72O4. The zero-order valence-corrected chi connectivity index (χ0v) is 28.9. The van der Waals surface area contributed by atoms with Crippen molar-refractivity contribution in [3.63, 3.8) is 0 Å². The second-order valence-electron chi connectivity index (χ2n) is 13.1. The fourth-order valence-corrected chi connectivity index (χ4v) is 5.68. The molecule has 0 amide bonds. The summed E-state index contributed by atoms with van der Waals surface area (Å²) in [6.45, 7) is 5.94. The fraction of sp³-hybridized carbons (Fsp3) is 0.846. The summed E-state index contributed by atoms with van der Waals surface area (Å²) in [6.07, 6.45) is 38.6. The van der Waals surface area contributed by atoms with Crippen LogP contribution in [0.1, 0.15) is 201 Å². The topological polar surface area (TPSA) is 74.6 Å². The van der Waals surface area contributed by atoms with Gasteiger partial charge in [-0.2, -0.15) is 0 Å². The molecule has 4 nitrogen and oxygen atoms in total. The molecule has 0 fully saturated rings. The Labute approximate surface area is 267 Å². The third kappa shape index (κ3) is 23.7. The third-order valence-corrected chi connectivity index (χ3v) is 9.01. The first-order valence-electron chi connectivity index (χ1n) is 18.6. The lowest BCUT2D eigenvalue weighted by Crippen LogP contribution is -2.46. The number of Topliss-reactive ketones (excluding diaryl/α,β-unsaturated/α-hetero) is 2. The van der Waals surface area contributed by atoms with Gasteiger partial charge in [0.05, 0.1) is 0 Å². The van der Waals surface area contributed by atoms with Crippen molar-refractivity contribution in [3.8, 4) is 0 Å². The molecule has 0 aliphatic carbocycles. The van der Waals surface area contributed by atoms with E-state index in [-0.39, 0.29) is 24.4 Å². The normalized spacial score (nSPS) is 12.3. The number of ketones is 2. The van der Waals surface area contributed by atoms with E-state index in [1.165, 1.54) is 110 Å². The van der Waals surface area contributed by atoms with Gasteiger partial charge in [0.2, 0.25) is 0 Å². The smallest absolute Gasteiger partial charge is 0.170 e. The number of hydrogen-bond donors (Lipinski definition) is 2. The van der Waals surface area contributed by atoms with E-state index in [4.69, 9.17) is 0 Å². The molecule has 0 aromatic carbocycles. The summed E-state index contributed by atoms with van der Waals surface area (Å²) in [5.41, 5.74) is -1.69. The Morgan fingerprint density at radius 3 is 1.00 bits per heavy atom. The van der Waals surface area contributed by atoms with Crippen molar-refractivity contribution in [1.29, 1.82) is 0 Å². The van der Waals surface area contributed by atoms with Crippen LogP contribution in [-0.2, 0) is 9.59 Å². The van der Waals surface area contributed by atoms with Crippen LogP contribution in [0.4, 0.5) is 0 Å². The highest BCUT2D eigenvalue weighted by Gasteiger charge is 2.45. The molecule has 0 aromatic heterocycles. The second-order valence-corrected chi connectivity index (χ2v) is 13.1. The van der Waals surface area contributed by atoms with Crippen molar-refractivity contribution in [2.45, 2.75) is 207 Å². The van der Waals surface area contributed by atoms with Crippen LogP contribution in [0.5, 0.6) is 0 Å². The maximum Gasteiger partial charge on any atom is 0.170 e. The second kappa shape index (κ2) is 30.8. The minimum atomic E-state index is -1.93. The minimum Gasteiger partial charge on any atom is -0.367 e. The van der Waals surface area contributed by atoms with E-state index in [1.54, 1.807) is 0 Å². The molecule has 0 spiro atoms. The Kier molecular flexibility index (Phi) is 29.9. The molecule has 0 atom stereocenters. The SMILES string of the molecule is CCCCCCCC/C=C\CCCCCCCC(=O)C(C)(C(=O)CCCCCCC/C=C\CCCCCCCC)C(O)O. The first-order valence-corrected chi connectivity index (χ1v) is 18.6. The average molecular weight is 605 g/mol. The van der Waals surface area contributed by atoms with Gasteiger partial charge in [-0.1, -0.05) is 141 Å². The van der Waals surface area contributed by atoms with Crippen molar-refractivity contribution < 1.29 is 19.8 Å². The number of carbonyl (C=O) groups is 2. The first-order chi connectivity index (χ1) is 20.9. The van der Waals surface area contributed by atoms with Gasteiger partial charge in [0, 0.05) is 12.8 Å². The van der Waals surface area contributed by atoms with Gasteiger partial charge in [0.1, 0.15) is 5.41 Å². The molecule has 0 bridgehead atoms. The summed E-state index contributed by atoms with van der Waals surface area (Å²) < 4.78 is 0. The number of unbranched alkanes of at least 4 members (excludes halogenated alkanes) is 22. The van der Waals surface area contributed by atoms with Crippen molar-refractivity contribution in [2.75, 3.05) is 0 Å². The summed E-state index contributed by atoms with van der Waals surface area (Å²) in [7, 11) is 0. The van der Waals surface area contributed by atoms with Gasteiger partial charge in [0.15, 0.2) is 17.9 Å². The highest BCUT2D eigenvalue weighted by Crippen LogP contribution is 2.29. The van der Waals surface area contributed by atoms with Crippen molar-refractivity contribution in [3.05, 3.63) is 24.3 Å². The molecule has 0 aliphatic heterocycles. The molecular weight excluding hydrogens is 532 g/mol. The van der Waals surface area contributed by atoms with E-state index in [1.807, 2.05) is 0 Å². The predicted molar refractivity (Wildman–Crippen MR) is 185 cm³/mol. The van der Waals surface area contributed by atoms with E-state index in [2.05, 4.69) is 38.2 Å². The van der Waals surface area contributed by atoms with E-state index in [9.17, 15) is 19.8 Å². The number of allylic oxidation sites excluding steroid dienone is 4. The van der Waals surface area contributed by atoms with E-state index in [0.717, 1.165) is 51.4 Å². The summed E-state index contributed by atoms with van der Waals surface area (Å²) in [4.78, 5) is 25.8. The van der Waals surface area contributed by atoms with Crippen LogP contribution in [0.2, 0.25) is 0 Å². The van der Waals surface area contributed by atoms with Crippen molar-refractivity contribution >= 4 is 11.6 Å². The zero-order valence-electron chi connectivity index (χ0n) is 28.9. The summed E-state index contributed by atoms with van der Waals surface area (Å²) in [5, 5.41) is 19.9. The van der Waals surface area contributed by atoms with Crippen LogP contribution in [0, 0.1) is 5.41 Å². The molecule has 0 saturated heterocycles. The van der Waals surface area contributed by atoms with Gasteiger partial charge in [-0.3, -0.25) is 9.59 Å². The van der Waals surface area contributed by atoms with Gasteiger partial charge in [-0.05, 0) is 71.1 Å². The van der Waals surface area contributed by atoms with Gasteiger partial charge >= 0.3 is 0 Å². The molecule has 0 radical (unpaired) electrons. The number of aliphatic hydroxyl groups excluding tert-OH is 1. The lowest BCUT2D eigenvalue weighted by Gasteiger charge is -2.28. The molecule has 43 heavy (non-hydrogen) atoms. The van der Waals surface area contributed by atoms with Crippen LogP contribution in [0.15, 0.2) is 24.3 Å². The molecule has 4 heteroatoms. The number of carbonyl (C=O) groups excluding carboxylic acids is 2. The van der Waals surface area contributed by atoms with Crippen LogP contribution >= 0.6 is 0 Å². The Bertz CT molecular complexity index is 641. The van der Waals surface area contributed by atoms with Gasteiger partial charge < -0.3 is 10.2 Å². The first kappa shape index (κ1) is 41.7. The Morgan fingerprint density at radius 1 is 0.465 bits per heavy atom. The molecule has 0 aromatic rings. The summed E-state index contributed by atoms with van der Waals surface area (Å²) >= 11 is 0. The lowest BCUT2D eigenvalue weighted by molar-refractivity contribution is -0.169. The standard InChI is InChI=1S/C39H72O4/c1-4-6-8-10-12-14-16-18-20-22-24-26-28-30-32-34-36(40)39(3,38(42)43)37(41)35-33-31-29-27-25-23-21-19-17-15-13-11-9-7-5-2/h18-21,38,42-43H,4-17,22-35H2,1-3H3/b20-18-,21-19-. The molecule has 0 aliphatic rings. The summed E-state index contributed by atoms with van der Waals surface area (Å²) in [6, 6.07) is 0. The number of rotatable bonds is 33. The van der Waals surface area contributed by atoms with Gasteiger partial charge in [-0.25, -0.2) is 0 Å². The van der Waals surface area contributed by atoms with Gasteiger partial charge in [-0.15, -0.1) is 0 Å². The fourth-order valence-electron chi connectivity index (χ4n) is 5.68. The van der Waals surface area contributed by atoms with Crippen molar-refractivity contribution in [1.82, 2.24) is 0 Å². The highest BCUT2D eigenvalue weighted by atomic mass is 16.5. The van der Waals surface area contributed by atoms with Gasteiger partial charge in [0.25, 0.3) is 0 Å². The maximum atomic E-state index is 12.9. The van der Waals surface area contributed by atoms with Crippen molar-refractivity contribution in [2.24, 2.45) is 5.41 Å². The minimum absolute atomic E-state index is 0.240. The molecule has 0 unspecified atom stereocenters. The Morgan fingerprint density at radius 2 is 0.721 bits per heavy atom. The van der Waals surface area contributed by atoms with Crippen LogP contribution in [0.25, 0.3) is 0 Å². The van der Waals surface area contributed by atoms with Crippen LogP contribution in [-0.4, -0.2) is 28.1 Å². The molecule has 252 valence electrons. The largest absolute Gasteiger partial charge is 0.367 e. The van der Waals surface area contributed by atoms with Crippen LogP contribution in [0.3, 0.4) is 0 Å². The monoisotopic (exact) mass is 605 g/mol. The van der Waals surface area contributed by atoms with E-state index >= 15 is 0 Å². The highest BCUT2D eigenvalue weighted by molar-refractivity contribution is 6.07. The van der Waals surface area contributed by atoms with E-state index < -0.39 is 11.7 Å².